The highest BCUT2D eigenvalue weighted by atomic mass is 35.5. The molecular weight excluding hydrogens is 444 g/mol. The zero-order chi connectivity index (χ0) is 22.2. The number of amides is 2. The molecule has 2 fully saturated rings. The maximum Gasteiger partial charge on any atom is 0.242 e. The number of thiophene rings is 1. The summed E-state index contributed by atoms with van der Waals surface area (Å²) in [7, 11) is 0. The second-order valence-corrected chi connectivity index (χ2v) is 10.7. The van der Waals surface area contributed by atoms with E-state index in [9.17, 15) is 9.59 Å². The van der Waals surface area contributed by atoms with E-state index in [1.807, 2.05) is 34.9 Å². The van der Waals surface area contributed by atoms with Gasteiger partial charge in [0.25, 0.3) is 0 Å². The number of halogens is 1. The van der Waals surface area contributed by atoms with E-state index in [0.29, 0.717) is 24.1 Å². The van der Waals surface area contributed by atoms with Gasteiger partial charge < -0.3 is 14.5 Å². The van der Waals surface area contributed by atoms with Crippen molar-refractivity contribution < 1.29 is 14.3 Å². The van der Waals surface area contributed by atoms with Crippen molar-refractivity contribution >= 4 is 34.8 Å². The van der Waals surface area contributed by atoms with Crippen molar-refractivity contribution in [1.29, 1.82) is 0 Å². The van der Waals surface area contributed by atoms with Gasteiger partial charge >= 0.3 is 0 Å². The van der Waals surface area contributed by atoms with Crippen molar-refractivity contribution in [2.75, 3.05) is 26.2 Å². The molecule has 2 heterocycles. The maximum absolute atomic E-state index is 13.5. The lowest BCUT2D eigenvalue weighted by atomic mass is 10.0. The van der Waals surface area contributed by atoms with Crippen molar-refractivity contribution in [3.05, 3.63) is 50.7 Å². The van der Waals surface area contributed by atoms with Crippen LogP contribution >= 0.6 is 22.9 Å². The van der Waals surface area contributed by atoms with Gasteiger partial charge in [-0.15, -0.1) is 11.3 Å². The van der Waals surface area contributed by atoms with E-state index in [4.69, 9.17) is 16.3 Å². The predicted octanol–water partition coefficient (Wildman–Crippen LogP) is 4.86. The molecule has 7 heteroatoms. The van der Waals surface area contributed by atoms with Crippen LogP contribution in [0.2, 0.25) is 5.02 Å². The van der Waals surface area contributed by atoms with E-state index in [1.165, 1.54) is 23.3 Å². The van der Waals surface area contributed by atoms with Gasteiger partial charge in [0, 0.05) is 28.9 Å². The Bertz CT molecular complexity index is 1010. The molecule has 5 rings (SSSR count). The number of rotatable bonds is 8. The Morgan fingerprint density at radius 2 is 2.03 bits per heavy atom. The fourth-order valence-corrected chi connectivity index (χ4v) is 5.49. The number of ether oxygens (including phenoxy) is 1. The largest absolute Gasteiger partial charge is 0.491 e. The van der Waals surface area contributed by atoms with Gasteiger partial charge in [0.05, 0.1) is 12.6 Å². The molecule has 2 aromatic rings. The lowest BCUT2D eigenvalue weighted by molar-refractivity contribution is -0.143. The highest BCUT2D eigenvalue weighted by molar-refractivity contribution is 7.10. The Kier molecular flexibility index (Phi) is 6.17. The van der Waals surface area contributed by atoms with Crippen LogP contribution in [-0.4, -0.2) is 47.9 Å². The summed E-state index contributed by atoms with van der Waals surface area (Å²) >= 11 is 7.89. The molecule has 1 atom stereocenters. The van der Waals surface area contributed by atoms with Crippen LogP contribution in [-0.2, 0) is 16.0 Å². The number of aryl methyl sites for hydroxylation is 1. The van der Waals surface area contributed by atoms with Crippen molar-refractivity contribution in [2.45, 2.75) is 45.1 Å². The van der Waals surface area contributed by atoms with Crippen LogP contribution in [0.5, 0.6) is 5.75 Å². The molecule has 5 nitrogen and oxygen atoms in total. The van der Waals surface area contributed by atoms with Crippen LogP contribution in [0.25, 0.3) is 0 Å². The van der Waals surface area contributed by atoms with Gasteiger partial charge in [-0.25, -0.2) is 0 Å². The summed E-state index contributed by atoms with van der Waals surface area (Å²) in [6.07, 6.45) is 5.12. The molecule has 1 unspecified atom stereocenters. The zero-order valence-corrected chi connectivity index (χ0v) is 20.0. The Morgan fingerprint density at radius 3 is 2.75 bits per heavy atom. The Hall–Kier alpha value is -2.05. The van der Waals surface area contributed by atoms with Crippen LogP contribution < -0.4 is 4.74 Å². The first kappa shape index (κ1) is 21.8. The summed E-state index contributed by atoms with van der Waals surface area (Å²) in [4.78, 5) is 31.4. The van der Waals surface area contributed by atoms with E-state index in [1.54, 1.807) is 11.3 Å². The molecule has 0 radical (unpaired) electrons. The third-order valence-electron chi connectivity index (χ3n) is 6.69. The third-order valence-corrected chi connectivity index (χ3v) is 8.11. The Morgan fingerprint density at radius 1 is 1.22 bits per heavy atom. The molecular formula is C25H29ClN2O3S. The van der Waals surface area contributed by atoms with Gasteiger partial charge in [-0.1, -0.05) is 11.6 Å². The highest BCUT2D eigenvalue weighted by Crippen LogP contribution is 2.36. The van der Waals surface area contributed by atoms with E-state index in [0.717, 1.165) is 37.1 Å². The number of carbonyl (C=O) groups is 2. The van der Waals surface area contributed by atoms with Gasteiger partial charge in [-0.3, -0.25) is 9.59 Å². The predicted molar refractivity (Wildman–Crippen MR) is 126 cm³/mol. The van der Waals surface area contributed by atoms with Crippen LogP contribution in [0.15, 0.2) is 29.6 Å². The first-order chi connectivity index (χ1) is 15.5. The molecule has 1 aromatic heterocycles. The normalized spacial score (nSPS) is 20.1. The quantitative estimate of drug-likeness (QED) is 0.551. The van der Waals surface area contributed by atoms with Gasteiger partial charge in [0.1, 0.15) is 12.4 Å². The molecule has 2 saturated carbocycles. The van der Waals surface area contributed by atoms with Gasteiger partial charge in [0.15, 0.2) is 0 Å². The summed E-state index contributed by atoms with van der Waals surface area (Å²) in [6, 6.07) is 7.60. The van der Waals surface area contributed by atoms with E-state index >= 15 is 0 Å². The average molecular weight is 473 g/mol. The summed E-state index contributed by atoms with van der Waals surface area (Å²) in [6.45, 7) is 3.91. The lowest BCUT2D eigenvalue weighted by Crippen LogP contribution is -2.48. The van der Waals surface area contributed by atoms with E-state index in [-0.39, 0.29) is 30.3 Å². The van der Waals surface area contributed by atoms with Crippen LogP contribution in [0.1, 0.15) is 47.7 Å². The lowest BCUT2D eigenvalue weighted by Gasteiger charge is -2.37. The molecule has 1 aromatic carbocycles. The fraction of sp³-hybridized carbons (Fsp3) is 0.520. The number of benzene rings is 1. The summed E-state index contributed by atoms with van der Waals surface area (Å²) in [5.74, 6) is 1.66. The molecule has 0 spiro atoms. The van der Waals surface area contributed by atoms with Crippen LogP contribution in [0.3, 0.4) is 0 Å². The monoisotopic (exact) mass is 472 g/mol. The van der Waals surface area contributed by atoms with Crippen molar-refractivity contribution in [1.82, 2.24) is 9.80 Å². The molecule has 2 aliphatic carbocycles. The maximum atomic E-state index is 13.5. The summed E-state index contributed by atoms with van der Waals surface area (Å²) < 4.78 is 6.13. The van der Waals surface area contributed by atoms with Gasteiger partial charge in [-0.05, 0) is 85.7 Å². The minimum Gasteiger partial charge on any atom is -0.491 e. The number of carbonyl (C=O) groups excluding carboxylic acids is 2. The first-order valence-corrected chi connectivity index (χ1v) is 12.8. The topological polar surface area (TPSA) is 49.9 Å². The molecule has 1 aliphatic heterocycles. The minimum atomic E-state index is -0.146. The minimum absolute atomic E-state index is 0.0254. The summed E-state index contributed by atoms with van der Waals surface area (Å²) in [5.41, 5.74) is 2.13. The number of nitrogens with zero attached hydrogens (tertiary/aromatic N) is 2. The molecule has 2 amide bonds. The molecule has 0 saturated heterocycles. The van der Waals surface area contributed by atoms with E-state index in [2.05, 4.69) is 11.4 Å². The first-order valence-electron chi connectivity index (χ1n) is 11.5. The van der Waals surface area contributed by atoms with Gasteiger partial charge in [-0.2, -0.15) is 0 Å². The standard InChI is InChI=1S/C25H29ClN2O3S/c1-16-12-19(6-7-21(16)26)31-15-22-20-9-11-32-23(20)8-10-28(22)24(29)14-27(13-17-2-3-17)25(30)18-4-5-18/h6-7,9,11-12,17-18,22H,2-5,8,10,13-15H2,1H3. The van der Waals surface area contributed by atoms with Crippen molar-refractivity contribution in [2.24, 2.45) is 11.8 Å². The fourth-order valence-electron chi connectivity index (χ4n) is 4.44. The van der Waals surface area contributed by atoms with Crippen LogP contribution in [0, 0.1) is 18.8 Å². The molecule has 0 N–H and O–H groups in total. The highest BCUT2D eigenvalue weighted by Gasteiger charge is 2.39. The molecule has 32 heavy (non-hydrogen) atoms. The number of hydrogen-bond acceptors (Lipinski definition) is 4. The molecule has 3 aliphatic rings. The van der Waals surface area contributed by atoms with Crippen molar-refractivity contribution in [3.8, 4) is 5.75 Å². The second-order valence-electron chi connectivity index (χ2n) is 9.31. The zero-order valence-electron chi connectivity index (χ0n) is 18.4. The van der Waals surface area contributed by atoms with E-state index < -0.39 is 0 Å². The third kappa shape index (κ3) is 4.81. The molecule has 170 valence electrons. The Labute approximate surface area is 198 Å². The van der Waals surface area contributed by atoms with Crippen LogP contribution in [0.4, 0.5) is 0 Å². The van der Waals surface area contributed by atoms with Gasteiger partial charge in [0.2, 0.25) is 11.8 Å². The number of fused-ring (bicyclic) bond motifs is 1. The average Bonchev–Trinajstić information content (AvgIpc) is 3.72. The SMILES string of the molecule is Cc1cc(OCC2c3ccsc3CCN2C(=O)CN(CC2CC2)C(=O)C2CC2)ccc1Cl. The number of hydrogen-bond donors (Lipinski definition) is 0. The smallest absolute Gasteiger partial charge is 0.242 e. The Balaban J connectivity index is 1.31. The summed E-state index contributed by atoms with van der Waals surface area (Å²) in [5, 5.41) is 2.80. The second kappa shape index (κ2) is 9.06. The molecule has 0 bridgehead atoms. The van der Waals surface area contributed by atoms with Crippen molar-refractivity contribution in [3.63, 3.8) is 0 Å².